The Morgan fingerprint density at radius 2 is 1.62 bits per heavy atom. The number of carbonyl (C=O) groups excluding carboxylic acids is 2. The summed E-state index contributed by atoms with van der Waals surface area (Å²) >= 11 is 0. The summed E-state index contributed by atoms with van der Waals surface area (Å²) in [4.78, 5) is 25.0. The van der Waals surface area contributed by atoms with Crippen LogP contribution in [0.4, 0.5) is 0 Å². The van der Waals surface area contributed by atoms with Crippen LogP contribution in [0.2, 0.25) is 0 Å². The van der Waals surface area contributed by atoms with Gasteiger partial charge in [-0.15, -0.1) is 12.4 Å². The highest BCUT2D eigenvalue weighted by atomic mass is 35.5. The van der Waals surface area contributed by atoms with Crippen molar-refractivity contribution in [3.05, 3.63) is 29.3 Å². The smallest absolute Gasteiger partial charge is 0.261 e. The van der Waals surface area contributed by atoms with Gasteiger partial charge in [0, 0.05) is 20.1 Å². The van der Waals surface area contributed by atoms with E-state index in [0.717, 1.165) is 18.0 Å². The molecule has 9 heteroatoms. The lowest BCUT2D eigenvalue weighted by atomic mass is 10.0. The maximum atomic E-state index is 12.8. The molecule has 2 fully saturated rings. The van der Waals surface area contributed by atoms with Gasteiger partial charge in [0.15, 0.2) is 0 Å². The van der Waals surface area contributed by atoms with Crippen LogP contribution in [0.3, 0.4) is 0 Å². The minimum Gasteiger partial charge on any atom is -0.316 e. The summed E-state index contributed by atoms with van der Waals surface area (Å²) < 4.78 is 27.2. The fourth-order valence-corrected chi connectivity index (χ4v) is 5.24. The highest BCUT2D eigenvalue weighted by molar-refractivity contribution is 7.89. The average Bonchev–Trinajstić information content (AvgIpc) is 3.18. The van der Waals surface area contributed by atoms with Gasteiger partial charge in [0.25, 0.3) is 11.8 Å². The molecule has 1 N–H and O–H groups in total. The lowest BCUT2D eigenvalue weighted by Gasteiger charge is -2.17. The second-order valence-electron chi connectivity index (χ2n) is 6.38. The Kier molecular flexibility index (Phi) is 4.19. The van der Waals surface area contributed by atoms with Crippen molar-refractivity contribution in [3.8, 4) is 0 Å². The van der Waals surface area contributed by atoms with E-state index in [1.54, 1.807) is 0 Å². The standard InChI is InChI=1S/C15H17N3O4S.ClH/c1-17-14(19)12-3-2-11(4-13(12)15(17)20)23(21,22)18-7-9-5-16-6-10(9)8-18;/h2-4,9-10,16H,5-8H2,1H3;1H/t9-,10+;. The monoisotopic (exact) mass is 371 g/mol. The summed E-state index contributed by atoms with van der Waals surface area (Å²) in [5.74, 6) is -0.137. The normalized spacial score (nSPS) is 26.5. The quantitative estimate of drug-likeness (QED) is 0.749. The zero-order valence-electron chi connectivity index (χ0n) is 13.1. The van der Waals surface area contributed by atoms with Gasteiger partial charge in [-0.3, -0.25) is 14.5 Å². The molecule has 3 aliphatic heterocycles. The molecule has 0 bridgehead atoms. The van der Waals surface area contributed by atoms with Gasteiger partial charge in [-0.2, -0.15) is 4.31 Å². The molecule has 130 valence electrons. The van der Waals surface area contributed by atoms with Gasteiger partial charge < -0.3 is 5.32 Å². The van der Waals surface area contributed by atoms with Crippen molar-refractivity contribution >= 4 is 34.2 Å². The first-order valence-corrected chi connectivity index (χ1v) is 9.01. The molecule has 3 heterocycles. The molecule has 0 aromatic heterocycles. The summed E-state index contributed by atoms with van der Waals surface area (Å²) in [6.45, 7) is 2.70. The van der Waals surface area contributed by atoms with E-state index in [0.29, 0.717) is 24.9 Å². The fraction of sp³-hybridized carbons (Fsp3) is 0.467. The topological polar surface area (TPSA) is 86.8 Å². The number of carbonyl (C=O) groups is 2. The third kappa shape index (κ3) is 2.36. The minimum atomic E-state index is -3.64. The predicted octanol–water partition coefficient (Wildman–Crippen LogP) is 0.174. The molecule has 24 heavy (non-hydrogen) atoms. The maximum Gasteiger partial charge on any atom is 0.261 e. The van der Waals surface area contributed by atoms with Crippen molar-refractivity contribution in [1.29, 1.82) is 0 Å². The van der Waals surface area contributed by atoms with Crippen molar-refractivity contribution in [3.63, 3.8) is 0 Å². The van der Waals surface area contributed by atoms with Crippen molar-refractivity contribution in [1.82, 2.24) is 14.5 Å². The van der Waals surface area contributed by atoms with Crippen molar-refractivity contribution in [2.45, 2.75) is 4.90 Å². The zero-order chi connectivity index (χ0) is 16.4. The van der Waals surface area contributed by atoms with Crippen LogP contribution in [0.25, 0.3) is 0 Å². The number of nitrogens with zero attached hydrogens (tertiary/aromatic N) is 2. The first kappa shape index (κ1) is 17.3. The summed E-state index contributed by atoms with van der Waals surface area (Å²) in [6, 6.07) is 4.19. The number of amides is 2. The van der Waals surface area contributed by atoms with Gasteiger partial charge in [0.1, 0.15) is 0 Å². The average molecular weight is 372 g/mol. The number of rotatable bonds is 2. The molecule has 0 spiro atoms. The Morgan fingerprint density at radius 1 is 1.04 bits per heavy atom. The zero-order valence-corrected chi connectivity index (χ0v) is 14.7. The highest BCUT2D eigenvalue weighted by Crippen LogP contribution is 2.32. The molecule has 1 aromatic rings. The number of benzene rings is 1. The van der Waals surface area contributed by atoms with Crippen LogP contribution in [-0.4, -0.2) is 62.7 Å². The molecule has 0 aliphatic carbocycles. The Balaban J connectivity index is 0.00000169. The van der Waals surface area contributed by atoms with Crippen LogP contribution in [0, 0.1) is 11.8 Å². The van der Waals surface area contributed by atoms with Gasteiger partial charge in [-0.25, -0.2) is 8.42 Å². The maximum absolute atomic E-state index is 12.8. The molecule has 1 aromatic carbocycles. The fourth-order valence-electron chi connectivity index (χ4n) is 3.66. The summed E-state index contributed by atoms with van der Waals surface area (Å²) in [5.41, 5.74) is 0.429. The van der Waals surface area contributed by atoms with Gasteiger partial charge in [-0.05, 0) is 43.1 Å². The van der Waals surface area contributed by atoms with E-state index in [4.69, 9.17) is 0 Å². The Hall–Kier alpha value is -1.48. The van der Waals surface area contributed by atoms with E-state index < -0.39 is 21.8 Å². The second-order valence-corrected chi connectivity index (χ2v) is 8.32. The molecule has 2 amide bonds. The third-order valence-electron chi connectivity index (χ3n) is 5.05. The van der Waals surface area contributed by atoms with Crippen LogP contribution in [0.1, 0.15) is 20.7 Å². The molecular weight excluding hydrogens is 354 g/mol. The van der Waals surface area contributed by atoms with Gasteiger partial charge in [0.2, 0.25) is 10.0 Å². The number of halogens is 1. The molecular formula is C15H18ClN3O4S. The van der Waals surface area contributed by atoms with E-state index in [2.05, 4.69) is 5.32 Å². The highest BCUT2D eigenvalue weighted by Gasteiger charge is 2.42. The summed E-state index contributed by atoms with van der Waals surface area (Å²) in [7, 11) is -2.24. The third-order valence-corrected chi connectivity index (χ3v) is 6.88. The number of sulfonamides is 1. The first-order chi connectivity index (χ1) is 10.9. The van der Waals surface area contributed by atoms with Crippen LogP contribution in [-0.2, 0) is 10.0 Å². The van der Waals surface area contributed by atoms with Crippen LogP contribution >= 0.6 is 12.4 Å². The lowest BCUT2D eigenvalue weighted by molar-refractivity contribution is 0.0693. The lowest BCUT2D eigenvalue weighted by Crippen LogP contribution is -2.32. The summed E-state index contributed by atoms with van der Waals surface area (Å²) in [6.07, 6.45) is 0. The number of nitrogens with one attached hydrogen (secondary N) is 1. The molecule has 0 unspecified atom stereocenters. The van der Waals surface area contributed by atoms with Crippen molar-refractivity contribution in [2.75, 3.05) is 33.2 Å². The van der Waals surface area contributed by atoms with E-state index in [9.17, 15) is 18.0 Å². The molecule has 0 saturated carbocycles. The van der Waals surface area contributed by atoms with Crippen molar-refractivity contribution < 1.29 is 18.0 Å². The molecule has 3 aliphatic rings. The second kappa shape index (κ2) is 5.80. The first-order valence-electron chi connectivity index (χ1n) is 7.57. The minimum absolute atomic E-state index is 0. The molecule has 0 radical (unpaired) electrons. The molecule has 2 saturated heterocycles. The van der Waals surface area contributed by atoms with E-state index in [1.165, 1.54) is 29.6 Å². The van der Waals surface area contributed by atoms with Crippen LogP contribution in [0.15, 0.2) is 23.1 Å². The molecule has 7 nitrogen and oxygen atoms in total. The Labute approximate surface area is 146 Å². The van der Waals surface area contributed by atoms with Crippen LogP contribution in [0.5, 0.6) is 0 Å². The number of imide groups is 1. The Morgan fingerprint density at radius 3 is 2.25 bits per heavy atom. The largest absolute Gasteiger partial charge is 0.316 e. The molecule has 2 atom stereocenters. The molecule has 4 rings (SSSR count). The predicted molar refractivity (Wildman–Crippen MR) is 88.7 cm³/mol. The summed E-state index contributed by atoms with van der Waals surface area (Å²) in [5, 5.41) is 3.28. The van der Waals surface area contributed by atoms with Crippen LogP contribution < -0.4 is 5.32 Å². The van der Waals surface area contributed by atoms with Gasteiger partial charge >= 0.3 is 0 Å². The number of hydrogen-bond donors (Lipinski definition) is 1. The number of fused-ring (bicyclic) bond motifs is 2. The number of hydrogen-bond acceptors (Lipinski definition) is 5. The van der Waals surface area contributed by atoms with E-state index in [1.807, 2.05) is 0 Å². The van der Waals surface area contributed by atoms with Gasteiger partial charge in [0.05, 0.1) is 16.0 Å². The van der Waals surface area contributed by atoms with Crippen molar-refractivity contribution in [2.24, 2.45) is 11.8 Å². The van der Waals surface area contributed by atoms with Gasteiger partial charge in [-0.1, -0.05) is 0 Å². The Bertz CT molecular complexity index is 814. The van der Waals surface area contributed by atoms with E-state index in [-0.39, 0.29) is 28.4 Å². The SMILES string of the molecule is CN1C(=O)c2ccc(S(=O)(=O)N3C[C@H]4CNC[C@H]4C3)cc2C1=O.Cl. The van der Waals surface area contributed by atoms with E-state index >= 15 is 0 Å².